The van der Waals surface area contributed by atoms with Gasteiger partial charge in [-0.15, -0.1) is 0 Å². The molecule has 2 aliphatic heterocycles. The van der Waals surface area contributed by atoms with Crippen LogP contribution in [0.15, 0.2) is 23.1 Å². The number of hydrogen-bond acceptors (Lipinski definition) is 4. The van der Waals surface area contributed by atoms with Gasteiger partial charge in [-0.1, -0.05) is 6.07 Å². The molecule has 1 aromatic rings. The van der Waals surface area contributed by atoms with Crippen LogP contribution in [0.3, 0.4) is 0 Å². The molecular weight excluding hydrogens is 286 g/mol. The zero-order valence-electron chi connectivity index (χ0n) is 12.4. The van der Waals surface area contributed by atoms with Gasteiger partial charge in [0.25, 0.3) is 0 Å². The van der Waals surface area contributed by atoms with Crippen LogP contribution in [0.25, 0.3) is 0 Å². The first-order valence-corrected chi connectivity index (χ1v) is 9.11. The van der Waals surface area contributed by atoms with Gasteiger partial charge in [0.2, 0.25) is 10.0 Å². The summed E-state index contributed by atoms with van der Waals surface area (Å²) in [7, 11) is -3.41. The number of likely N-dealkylation sites (tertiary alicyclic amines) is 1. The van der Waals surface area contributed by atoms with Crippen LogP contribution in [0, 0.1) is 0 Å². The Bertz CT molecular complexity index is 609. The van der Waals surface area contributed by atoms with Gasteiger partial charge >= 0.3 is 0 Å². The van der Waals surface area contributed by atoms with Crippen molar-refractivity contribution in [3.63, 3.8) is 0 Å². The van der Waals surface area contributed by atoms with Crippen LogP contribution >= 0.6 is 0 Å². The zero-order chi connectivity index (χ0) is 14.9. The first-order valence-electron chi connectivity index (χ1n) is 7.62. The predicted octanol–water partition coefficient (Wildman–Crippen LogP) is 1.05. The minimum atomic E-state index is -3.41. The predicted molar refractivity (Wildman–Crippen MR) is 82.4 cm³/mol. The van der Waals surface area contributed by atoms with Crippen molar-refractivity contribution in [2.24, 2.45) is 0 Å². The molecule has 0 spiro atoms. The normalized spacial score (nSPS) is 20.6. The average molecular weight is 309 g/mol. The largest absolute Gasteiger partial charge is 0.309 e. The van der Waals surface area contributed by atoms with Crippen LogP contribution in [-0.2, 0) is 23.1 Å². The SMILES string of the molecule is CC(CNS(=O)(=O)c1ccc2c(c1)CNC2)N1CCCC1. The highest BCUT2D eigenvalue weighted by atomic mass is 32.2. The van der Waals surface area contributed by atoms with Crippen molar-refractivity contribution >= 4 is 10.0 Å². The first kappa shape index (κ1) is 15.0. The van der Waals surface area contributed by atoms with Crippen molar-refractivity contribution in [2.75, 3.05) is 19.6 Å². The molecule has 0 aromatic heterocycles. The Morgan fingerprint density at radius 2 is 1.95 bits per heavy atom. The molecule has 2 aliphatic rings. The molecule has 1 saturated heterocycles. The summed E-state index contributed by atoms with van der Waals surface area (Å²) in [4.78, 5) is 2.72. The van der Waals surface area contributed by atoms with Crippen molar-refractivity contribution in [1.82, 2.24) is 14.9 Å². The fourth-order valence-corrected chi connectivity index (χ4v) is 4.24. The van der Waals surface area contributed by atoms with Gasteiger partial charge in [-0.05, 0) is 56.1 Å². The maximum absolute atomic E-state index is 12.4. The smallest absolute Gasteiger partial charge is 0.240 e. The molecule has 1 aromatic carbocycles. The summed E-state index contributed by atoms with van der Waals surface area (Å²) in [5, 5.41) is 3.23. The van der Waals surface area contributed by atoms with Crippen LogP contribution in [0.1, 0.15) is 30.9 Å². The van der Waals surface area contributed by atoms with Crippen LogP contribution in [0.4, 0.5) is 0 Å². The first-order chi connectivity index (χ1) is 10.1. The highest BCUT2D eigenvalue weighted by molar-refractivity contribution is 7.89. The maximum atomic E-state index is 12.4. The molecule has 1 unspecified atom stereocenters. The lowest BCUT2D eigenvalue weighted by Gasteiger charge is -2.23. The van der Waals surface area contributed by atoms with Crippen LogP contribution in [-0.4, -0.2) is 39.0 Å². The van der Waals surface area contributed by atoms with Crippen molar-refractivity contribution in [3.05, 3.63) is 29.3 Å². The number of fused-ring (bicyclic) bond motifs is 1. The number of benzene rings is 1. The number of nitrogens with one attached hydrogen (secondary N) is 2. The summed E-state index contributed by atoms with van der Waals surface area (Å²) in [6.07, 6.45) is 2.43. The van der Waals surface area contributed by atoms with E-state index in [2.05, 4.69) is 21.9 Å². The number of nitrogens with zero attached hydrogens (tertiary/aromatic N) is 1. The molecule has 21 heavy (non-hydrogen) atoms. The average Bonchev–Trinajstić information content (AvgIpc) is 3.14. The van der Waals surface area contributed by atoms with Gasteiger partial charge in [-0.2, -0.15) is 0 Å². The Hall–Kier alpha value is -0.950. The molecule has 3 rings (SSSR count). The van der Waals surface area contributed by atoms with Gasteiger partial charge in [0.15, 0.2) is 0 Å². The van der Waals surface area contributed by atoms with Crippen molar-refractivity contribution in [3.8, 4) is 0 Å². The molecule has 1 atom stereocenters. The van der Waals surface area contributed by atoms with E-state index in [1.54, 1.807) is 12.1 Å². The third kappa shape index (κ3) is 3.29. The summed E-state index contributed by atoms with van der Waals surface area (Å²) >= 11 is 0. The molecule has 1 fully saturated rings. The van der Waals surface area contributed by atoms with E-state index in [1.165, 1.54) is 18.4 Å². The lowest BCUT2D eigenvalue weighted by molar-refractivity contribution is 0.260. The van der Waals surface area contributed by atoms with Crippen molar-refractivity contribution < 1.29 is 8.42 Å². The molecule has 6 heteroatoms. The Labute approximate surface area is 126 Å². The van der Waals surface area contributed by atoms with Gasteiger partial charge in [0.1, 0.15) is 0 Å². The van der Waals surface area contributed by atoms with E-state index < -0.39 is 10.0 Å². The lowest BCUT2D eigenvalue weighted by atomic mass is 10.1. The number of hydrogen-bond donors (Lipinski definition) is 2. The second-order valence-electron chi connectivity index (χ2n) is 5.98. The molecule has 0 aliphatic carbocycles. The van der Waals surface area contributed by atoms with Gasteiger partial charge < -0.3 is 5.32 Å². The Morgan fingerprint density at radius 3 is 2.71 bits per heavy atom. The molecule has 2 N–H and O–H groups in total. The zero-order valence-corrected chi connectivity index (χ0v) is 13.2. The summed E-state index contributed by atoms with van der Waals surface area (Å²) in [5.74, 6) is 0. The van der Waals surface area contributed by atoms with E-state index in [0.29, 0.717) is 11.4 Å². The van der Waals surface area contributed by atoms with Gasteiger partial charge in [-0.25, -0.2) is 13.1 Å². The minimum absolute atomic E-state index is 0.248. The monoisotopic (exact) mass is 309 g/mol. The third-order valence-corrected chi connectivity index (χ3v) is 5.87. The van der Waals surface area contributed by atoms with E-state index in [-0.39, 0.29) is 6.04 Å². The van der Waals surface area contributed by atoms with E-state index in [1.807, 2.05) is 6.07 Å². The molecule has 0 saturated carbocycles. The fraction of sp³-hybridized carbons (Fsp3) is 0.600. The Balaban J connectivity index is 1.66. The molecule has 2 heterocycles. The standard InChI is InChI=1S/C15H23N3O2S/c1-12(18-6-2-3-7-18)9-17-21(19,20)15-5-4-13-10-16-11-14(13)8-15/h4-5,8,12,16-17H,2-3,6-7,9-11H2,1H3. The lowest BCUT2D eigenvalue weighted by Crippen LogP contribution is -2.40. The molecule has 0 bridgehead atoms. The van der Waals surface area contributed by atoms with E-state index >= 15 is 0 Å². The summed E-state index contributed by atoms with van der Waals surface area (Å²) in [5.41, 5.74) is 2.28. The highest BCUT2D eigenvalue weighted by Gasteiger charge is 2.22. The van der Waals surface area contributed by atoms with Crippen molar-refractivity contribution in [1.29, 1.82) is 0 Å². The van der Waals surface area contributed by atoms with Crippen LogP contribution in [0.2, 0.25) is 0 Å². The third-order valence-electron chi connectivity index (χ3n) is 4.45. The number of sulfonamides is 1. The Kier molecular flexibility index (Phi) is 4.31. The van der Waals surface area contributed by atoms with E-state index in [9.17, 15) is 8.42 Å². The fourth-order valence-electron chi connectivity index (χ4n) is 3.06. The van der Waals surface area contributed by atoms with Gasteiger partial charge in [-0.3, -0.25) is 4.90 Å². The topological polar surface area (TPSA) is 61.4 Å². The molecular formula is C15H23N3O2S. The van der Waals surface area contributed by atoms with Crippen molar-refractivity contribution in [2.45, 2.75) is 43.8 Å². The Morgan fingerprint density at radius 1 is 1.24 bits per heavy atom. The van der Waals surface area contributed by atoms with E-state index in [0.717, 1.165) is 31.7 Å². The summed E-state index contributed by atoms with van der Waals surface area (Å²) in [6.45, 7) is 6.29. The van der Waals surface area contributed by atoms with Gasteiger partial charge in [0.05, 0.1) is 4.90 Å². The summed E-state index contributed by atoms with van der Waals surface area (Å²) in [6, 6.07) is 5.65. The number of rotatable bonds is 5. The van der Waals surface area contributed by atoms with E-state index in [4.69, 9.17) is 0 Å². The minimum Gasteiger partial charge on any atom is -0.309 e. The second-order valence-corrected chi connectivity index (χ2v) is 7.75. The highest BCUT2D eigenvalue weighted by Crippen LogP contribution is 2.20. The van der Waals surface area contributed by atoms with Crippen LogP contribution < -0.4 is 10.0 Å². The molecule has 0 amide bonds. The maximum Gasteiger partial charge on any atom is 0.240 e. The molecule has 5 nitrogen and oxygen atoms in total. The van der Waals surface area contributed by atoms with Gasteiger partial charge in [0, 0.05) is 25.7 Å². The quantitative estimate of drug-likeness (QED) is 0.853. The molecule has 0 radical (unpaired) electrons. The second kappa shape index (κ2) is 6.04. The molecule has 116 valence electrons. The van der Waals surface area contributed by atoms with Crippen LogP contribution in [0.5, 0.6) is 0 Å². The summed E-state index contributed by atoms with van der Waals surface area (Å²) < 4.78 is 27.6.